The Hall–Kier alpha value is -0.660. The van der Waals surface area contributed by atoms with Crippen molar-refractivity contribution in [2.45, 2.75) is 39.0 Å². The first kappa shape index (κ1) is 14.7. The van der Waals surface area contributed by atoms with Crippen LogP contribution in [0.4, 0.5) is 0 Å². The smallest absolute Gasteiger partial charge is 0.310 e. The van der Waals surface area contributed by atoms with Gasteiger partial charge in [-0.2, -0.15) is 12.7 Å². The van der Waals surface area contributed by atoms with E-state index < -0.39 is 21.6 Å². The molecule has 0 aromatic rings. The van der Waals surface area contributed by atoms with Crippen molar-refractivity contribution in [3.05, 3.63) is 0 Å². The van der Waals surface area contributed by atoms with Gasteiger partial charge in [0.2, 0.25) is 0 Å². The quantitative estimate of drug-likeness (QED) is 0.784. The van der Waals surface area contributed by atoms with Crippen molar-refractivity contribution in [3.63, 3.8) is 0 Å². The molecule has 2 fully saturated rings. The molecule has 1 saturated carbocycles. The van der Waals surface area contributed by atoms with Gasteiger partial charge < -0.3 is 5.11 Å². The van der Waals surface area contributed by atoms with Crippen LogP contribution in [0.15, 0.2) is 0 Å². The van der Waals surface area contributed by atoms with Crippen LogP contribution in [0, 0.1) is 11.3 Å². The summed E-state index contributed by atoms with van der Waals surface area (Å²) in [6.45, 7) is 3.09. The number of rotatable bonds is 5. The molecule has 0 aromatic heterocycles. The highest BCUT2D eigenvalue weighted by Crippen LogP contribution is 2.40. The zero-order valence-corrected chi connectivity index (χ0v) is 12.1. The van der Waals surface area contributed by atoms with Crippen molar-refractivity contribution in [2.75, 3.05) is 19.6 Å². The minimum absolute atomic E-state index is 0.00947. The van der Waals surface area contributed by atoms with Crippen LogP contribution in [0.25, 0.3) is 0 Å². The third-order valence-corrected chi connectivity index (χ3v) is 5.84. The van der Waals surface area contributed by atoms with Gasteiger partial charge in [-0.05, 0) is 31.6 Å². The average Bonchev–Trinajstić information content (AvgIpc) is 2.27. The molecule has 2 rings (SSSR count). The van der Waals surface area contributed by atoms with Crippen molar-refractivity contribution in [3.8, 4) is 0 Å². The molecule has 7 heteroatoms. The molecule has 2 aliphatic rings. The third-order valence-electron chi connectivity index (χ3n) is 4.32. The summed E-state index contributed by atoms with van der Waals surface area (Å²) in [5.41, 5.74) is -0.880. The largest absolute Gasteiger partial charge is 0.481 e. The Labute approximate surface area is 114 Å². The molecule has 1 heterocycles. The first-order valence-electron chi connectivity index (χ1n) is 6.84. The fourth-order valence-corrected chi connectivity index (χ4v) is 4.22. The number of carboxylic acids is 1. The highest BCUT2D eigenvalue weighted by molar-refractivity contribution is 7.87. The lowest BCUT2D eigenvalue weighted by atomic mass is 9.69. The second kappa shape index (κ2) is 5.38. The highest BCUT2D eigenvalue weighted by atomic mass is 32.2. The van der Waals surface area contributed by atoms with Gasteiger partial charge in [-0.15, -0.1) is 0 Å². The van der Waals surface area contributed by atoms with Gasteiger partial charge in [0, 0.05) is 19.6 Å². The van der Waals surface area contributed by atoms with Crippen LogP contribution >= 0.6 is 0 Å². The first-order valence-corrected chi connectivity index (χ1v) is 8.28. The minimum atomic E-state index is -3.54. The molecule has 1 aliphatic heterocycles. The number of nitrogens with zero attached hydrogens (tertiary/aromatic N) is 1. The van der Waals surface area contributed by atoms with E-state index in [9.17, 15) is 18.3 Å². The van der Waals surface area contributed by atoms with E-state index >= 15 is 0 Å². The molecular weight excluding hydrogens is 268 g/mol. The predicted molar refractivity (Wildman–Crippen MR) is 70.8 cm³/mol. The van der Waals surface area contributed by atoms with Gasteiger partial charge >= 0.3 is 5.97 Å². The van der Waals surface area contributed by atoms with Crippen molar-refractivity contribution in [1.29, 1.82) is 0 Å². The van der Waals surface area contributed by atoms with E-state index in [-0.39, 0.29) is 6.54 Å². The molecule has 2 N–H and O–H groups in total. The number of hydrogen-bond donors (Lipinski definition) is 2. The van der Waals surface area contributed by atoms with Gasteiger partial charge in [-0.1, -0.05) is 13.3 Å². The molecule has 1 aliphatic carbocycles. The molecule has 0 bridgehead atoms. The molecule has 0 radical (unpaired) electrons. The molecule has 1 atom stereocenters. The van der Waals surface area contributed by atoms with Gasteiger partial charge in [0.1, 0.15) is 0 Å². The maximum absolute atomic E-state index is 12.2. The Bertz CT molecular complexity index is 445. The molecule has 1 unspecified atom stereocenters. The number of nitrogens with one attached hydrogen (secondary N) is 1. The monoisotopic (exact) mass is 290 g/mol. The summed E-state index contributed by atoms with van der Waals surface area (Å²) in [4.78, 5) is 11.2. The Kier molecular flexibility index (Phi) is 4.17. The Morgan fingerprint density at radius 2 is 2.11 bits per heavy atom. The van der Waals surface area contributed by atoms with E-state index in [2.05, 4.69) is 4.72 Å². The Balaban J connectivity index is 1.95. The Morgan fingerprint density at radius 1 is 1.42 bits per heavy atom. The van der Waals surface area contributed by atoms with Crippen molar-refractivity contribution in [2.24, 2.45) is 11.3 Å². The SMILES string of the molecule is CC1CCCN(S(=O)(=O)NCC2(C(=O)O)CCC2)C1. The lowest BCUT2D eigenvalue weighted by Gasteiger charge is -2.38. The van der Waals surface area contributed by atoms with E-state index in [1.165, 1.54) is 4.31 Å². The predicted octanol–water partition coefficient (Wildman–Crippen LogP) is 0.808. The zero-order chi connectivity index (χ0) is 14.1. The molecular formula is C12H22N2O4S. The summed E-state index contributed by atoms with van der Waals surface area (Å²) >= 11 is 0. The van der Waals surface area contributed by atoms with Crippen LogP contribution < -0.4 is 4.72 Å². The maximum Gasteiger partial charge on any atom is 0.310 e. The zero-order valence-electron chi connectivity index (χ0n) is 11.3. The summed E-state index contributed by atoms with van der Waals surface area (Å²) in [6, 6.07) is 0. The lowest BCUT2D eigenvalue weighted by Crippen LogP contribution is -2.52. The molecule has 110 valence electrons. The van der Waals surface area contributed by atoms with Crippen molar-refractivity contribution >= 4 is 16.2 Å². The standard InChI is InChI=1S/C12H22N2O4S/c1-10-4-2-7-14(8-10)19(17,18)13-9-12(11(15)16)5-3-6-12/h10,13H,2-9H2,1H3,(H,15,16). The van der Waals surface area contributed by atoms with Crippen LogP contribution in [0.5, 0.6) is 0 Å². The van der Waals surface area contributed by atoms with Gasteiger partial charge in [-0.25, -0.2) is 4.72 Å². The minimum Gasteiger partial charge on any atom is -0.481 e. The van der Waals surface area contributed by atoms with E-state index in [1.807, 2.05) is 6.92 Å². The number of hydrogen-bond acceptors (Lipinski definition) is 3. The lowest BCUT2D eigenvalue weighted by molar-refractivity contribution is -0.153. The van der Waals surface area contributed by atoms with Crippen molar-refractivity contribution in [1.82, 2.24) is 9.03 Å². The van der Waals surface area contributed by atoms with Crippen LogP contribution in [-0.4, -0.2) is 43.4 Å². The second-order valence-electron chi connectivity index (χ2n) is 5.87. The van der Waals surface area contributed by atoms with E-state index in [0.717, 1.165) is 19.3 Å². The number of carboxylic acid groups (broad SMARTS) is 1. The van der Waals surface area contributed by atoms with Crippen molar-refractivity contribution < 1.29 is 18.3 Å². The summed E-state index contributed by atoms with van der Waals surface area (Å²) in [6.07, 6.45) is 3.88. The molecule has 0 amide bonds. The van der Waals surface area contributed by atoms with Crippen LogP contribution in [0.3, 0.4) is 0 Å². The summed E-state index contributed by atoms with van der Waals surface area (Å²) in [7, 11) is -3.54. The highest BCUT2D eigenvalue weighted by Gasteiger charge is 2.45. The Morgan fingerprint density at radius 3 is 2.58 bits per heavy atom. The number of aliphatic carboxylic acids is 1. The second-order valence-corrected chi connectivity index (χ2v) is 7.63. The molecule has 0 spiro atoms. The molecule has 6 nitrogen and oxygen atoms in total. The van der Waals surface area contributed by atoms with E-state index in [0.29, 0.717) is 31.8 Å². The van der Waals surface area contributed by atoms with Crippen LogP contribution in [-0.2, 0) is 15.0 Å². The van der Waals surface area contributed by atoms with Crippen LogP contribution in [0.2, 0.25) is 0 Å². The first-order chi connectivity index (χ1) is 8.86. The average molecular weight is 290 g/mol. The van der Waals surface area contributed by atoms with Crippen LogP contribution in [0.1, 0.15) is 39.0 Å². The normalized spacial score (nSPS) is 27.7. The van der Waals surface area contributed by atoms with Gasteiger partial charge in [0.25, 0.3) is 10.2 Å². The maximum atomic E-state index is 12.2. The van der Waals surface area contributed by atoms with E-state index in [1.54, 1.807) is 0 Å². The van der Waals surface area contributed by atoms with Gasteiger partial charge in [-0.3, -0.25) is 4.79 Å². The fourth-order valence-electron chi connectivity index (χ4n) is 2.76. The topological polar surface area (TPSA) is 86.7 Å². The van der Waals surface area contributed by atoms with E-state index in [4.69, 9.17) is 0 Å². The molecule has 1 saturated heterocycles. The summed E-state index contributed by atoms with van der Waals surface area (Å²) in [5, 5.41) is 9.18. The third kappa shape index (κ3) is 3.09. The summed E-state index contributed by atoms with van der Waals surface area (Å²) < 4.78 is 28.3. The van der Waals surface area contributed by atoms with Gasteiger partial charge in [0.15, 0.2) is 0 Å². The number of carbonyl (C=O) groups is 1. The number of piperidine rings is 1. The fraction of sp³-hybridized carbons (Fsp3) is 0.917. The molecule has 19 heavy (non-hydrogen) atoms. The summed E-state index contributed by atoms with van der Waals surface area (Å²) in [5.74, 6) is -0.532. The molecule has 0 aromatic carbocycles. The van der Waals surface area contributed by atoms with Gasteiger partial charge in [0.05, 0.1) is 5.41 Å².